The summed E-state index contributed by atoms with van der Waals surface area (Å²) in [4.78, 5) is 14.6. The predicted molar refractivity (Wildman–Crippen MR) is 167 cm³/mol. The number of fused-ring (bicyclic) bond motifs is 5. The van der Waals surface area contributed by atoms with Crippen LogP contribution in [-0.4, -0.2) is 89.6 Å². The normalized spacial score (nSPS) is 40.4. The molecule has 0 unspecified atom stereocenters. The minimum absolute atomic E-state index is 0.0340. The van der Waals surface area contributed by atoms with Gasteiger partial charge < -0.3 is 39.1 Å². The maximum absolute atomic E-state index is 14.6. The van der Waals surface area contributed by atoms with Gasteiger partial charge in [0.05, 0.1) is 37.6 Å². The molecule has 5 rings (SSSR count). The summed E-state index contributed by atoms with van der Waals surface area (Å²) >= 11 is 0. The molecule has 44 heavy (non-hydrogen) atoms. The summed E-state index contributed by atoms with van der Waals surface area (Å²) in [6, 6.07) is 9.63. The van der Waals surface area contributed by atoms with Gasteiger partial charge in [-0.15, -0.1) is 0 Å². The molecule has 1 aromatic carbocycles. The number of aliphatic hydroxyl groups is 4. The number of benzene rings is 1. The second-order valence-corrected chi connectivity index (χ2v) is 20.6. The highest BCUT2D eigenvalue weighted by Crippen LogP contribution is 2.63. The molecule has 3 aliphatic carbocycles. The Morgan fingerprint density at radius 2 is 1.70 bits per heavy atom. The third kappa shape index (κ3) is 4.91. The molecule has 1 aromatic rings. The quantitative estimate of drug-likeness (QED) is 0.201. The molecule has 4 N–H and O–H groups in total. The Labute approximate surface area is 262 Å². The van der Waals surface area contributed by atoms with E-state index in [-0.39, 0.29) is 36.9 Å². The summed E-state index contributed by atoms with van der Waals surface area (Å²) in [5, 5.41) is 49.2. The Hall–Kier alpha value is -1.47. The third-order valence-corrected chi connectivity index (χ3v) is 16.6. The fourth-order valence-corrected chi connectivity index (χ4v) is 9.43. The van der Waals surface area contributed by atoms with Crippen LogP contribution in [0, 0.1) is 16.7 Å². The van der Waals surface area contributed by atoms with E-state index in [1.807, 2.05) is 37.3 Å². The van der Waals surface area contributed by atoms with E-state index in [4.69, 9.17) is 18.6 Å². The first-order valence-corrected chi connectivity index (χ1v) is 18.7. The van der Waals surface area contributed by atoms with Crippen molar-refractivity contribution in [3.63, 3.8) is 0 Å². The van der Waals surface area contributed by atoms with Crippen molar-refractivity contribution in [2.45, 2.75) is 128 Å². The first-order chi connectivity index (χ1) is 20.2. The fourth-order valence-electron chi connectivity index (χ4n) is 8.10. The van der Waals surface area contributed by atoms with Crippen molar-refractivity contribution >= 4 is 14.1 Å². The second-order valence-electron chi connectivity index (χ2n) is 15.9. The highest BCUT2D eigenvalue weighted by atomic mass is 28.4. The molecule has 9 nitrogen and oxygen atoms in total. The lowest BCUT2D eigenvalue weighted by molar-refractivity contribution is -0.363. The lowest BCUT2D eigenvalue weighted by Gasteiger charge is -2.67. The van der Waals surface area contributed by atoms with Gasteiger partial charge in [-0.2, -0.15) is 0 Å². The molecular formula is C34H52O9Si. The van der Waals surface area contributed by atoms with Crippen LogP contribution in [0.1, 0.15) is 66.9 Å². The van der Waals surface area contributed by atoms with Gasteiger partial charge in [-0.1, -0.05) is 71.9 Å². The molecule has 2 saturated carbocycles. The van der Waals surface area contributed by atoms with Crippen molar-refractivity contribution in [2.24, 2.45) is 16.7 Å². The molecule has 0 aromatic heterocycles. The van der Waals surface area contributed by atoms with E-state index in [1.54, 1.807) is 20.8 Å². The monoisotopic (exact) mass is 632 g/mol. The molecule has 2 bridgehead atoms. The van der Waals surface area contributed by atoms with E-state index in [0.29, 0.717) is 12.2 Å². The lowest BCUT2D eigenvalue weighted by atomic mass is 9.44. The maximum Gasteiger partial charge on any atom is 0.192 e. The topological polar surface area (TPSA) is 135 Å². The summed E-state index contributed by atoms with van der Waals surface area (Å²) in [5.41, 5.74) is -4.32. The number of hydrogen-bond donors (Lipinski definition) is 4. The van der Waals surface area contributed by atoms with Gasteiger partial charge in [0.25, 0.3) is 0 Å². The van der Waals surface area contributed by atoms with Gasteiger partial charge in [0.1, 0.15) is 24.1 Å². The molecule has 0 spiro atoms. The maximum atomic E-state index is 14.6. The number of ketones is 1. The Kier molecular flexibility index (Phi) is 8.52. The van der Waals surface area contributed by atoms with Gasteiger partial charge in [-0.25, -0.2) is 0 Å². The van der Waals surface area contributed by atoms with Crippen LogP contribution in [0.4, 0.5) is 0 Å². The van der Waals surface area contributed by atoms with Crippen LogP contribution in [-0.2, 0) is 30.0 Å². The number of ether oxygens (including phenoxy) is 3. The number of carbonyl (C=O) groups is 1. The van der Waals surface area contributed by atoms with Crippen LogP contribution >= 0.6 is 0 Å². The van der Waals surface area contributed by atoms with E-state index in [0.717, 1.165) is 5.56 Å². The van der Waals surface area contributed by atoms with Crippen LogP contribution in [0.15, 0.2) is 41.5 Å². The van der Waals surface area contributed by atoms with Gasteiger partial charge in [-0.05, 0) is 36.2 Å². The minimum Gasteiger partial charge on any atom is -0.410 e. The van der Waals surface area contributed by atoms with E-state index < -0.39 is 72.6 Å². The molecule has 1 heterocycles. The largest absolute Gasteiger partial charge is 0.410 e. The molecule has 3 fully saturated rings. The van der Waals surface area contributed by atoms with Gasteiger partial charge >= 0.3 is 0 Å². The summed E-state index contributed by atoms with van der Waals surface area (Å²) in [7, 11) is -2.39. The number of hydrogen-bond acceptors (Lipinski definition) is 9. The molecule has 1 saturated heterocycles. The van der Waals surface area contributed by atoms with Crippen LogP contribution in [0.2, 0.25) is 18.1 Å². The highest BCUT2D eigenvalue weighted by Gasteiger charge is 2.75. The van der Waals surface area contributed by atoms with Crippen LogP contribution in [0.25, 0.3) is 0 Å². The first kappa shape index (κ1) is 33.9. The number of rotatable bonds is 7. The molecule has 4 aliphatic rings. The van der Waals surface area contributed by atoms with Crippen molar-refractivity contribution in [3.05, 3.63) is 47.0 Å². The number of carbonyl (C=O) groups excluding carboxylic acids is 1. The summed E-state index contributed by atoms with van der Waals surface area (Å²) in [6.07, 6.45) is -5.16. The Morgan fingerprint density at radius 1 is 1.07 bits per heavy atom. The predicted octanol–water partition coefficient (Wildman–Crippen LogP) is 3.87. The van der Waals surface area contributed by atoms with E-state index in [2.05, 4.69) is 33.9 Å². The molecule has 10 heteroatoms. The third-order valence-electron chi connectivity index (χ3n) is 12.1. The fraction of sp³-hybridized carbons (Fsp3) is 0.735. The van der Waals surface area contributed by atoms with Gasteiger partial charge in [0.15, 0.2) is 14.1 Å². The Balaban J connectivity index is 1.56. The van der Waals surface area contributed by atoms with Gasteiger partial charge in [0.2, 0.25) is 0 Å². The van der Waals surface area contributed by atoms with E-state index in [9.17, 15) is 25.2 Å². The highest BCUT2D eigenvalue weighted by molar-refractivity contribution is 6.74. The van der Waals surface area contributed by atoms with Crippen LogP contribution in [0.3, 0.4) is 0 Å². The van der Waals surface area contributed by atoms with Crippen molar-refractivity contribution in [2.75, 3.05) is 13.4 Å². The van der Waals surface area contributed by atoms with Gasteiger partial charge in [0, 0.05) is 35.2 Å². The summed E-state index contributed by atoms with van der Waals surface area (Å²) in [6.45, 7) is 17.6. The minimum atomic E-state index is -2.39. The van der Waals surface area contributed by atoms with Gasteiger partial charge in [-0.3, -0.25) is 4.79 Å². The summed E-state index contributed by atoms with van der Waals surface area (Å²) < 4.78 is 24.6. The molecule has 0 amide bonds. The zero-order chi connectivity index (χ0) is 32.7. The Bertz CT molecular complexity index is 1290. The zero-order valence-electron chi connectivity index (χ0n) is 27.7. The first-order valence-electron chi connectivity index (χ1n) is 15.8. The standard InChI is InChI=1S/C34H52O9Si/c1-20-22(43-44(8,9)30(2,3)4)16-34(39)29(37)27-32(7,28(36)26(35)25(20)31(34,5)6)23(15-24-33(27,38)18-41-24)42-19-40-17-21-13-11-10-12-14-21/h10-14,22-24,27-29,36-39H,15-19H2,1-9H3/t22-,23-,24+,27-,28+,29-,32+,33-,34+/m0/s1. The number of Topliss-reactive ketones (excluding diaryl/α,β-unsaturated/α-hetero) is 1. The van der Waals surface area contributed by atoms with E-state index >= 15 is 0 Å². The Morgan fingerprint density at radius 3 is 2.27 bits per heavy atom. The van der Waals surface area contributed by atoms with Crippen molar-refractivity contribution in [1.29, 1.82) is 0 Å². The lowest BCUT2D eigenvalue weighted by Crippen LogP contribution is -2.81. The molecular weight excluding hydrogens is 580 g/mol. The number of aliphatic hydroxyl groups excluding tert-OH is 2. The SMILES string of the molecule is CC1=C2C(=O)[C@@H](O)[C@]3(C)[C@@H](OCOCc4ccccc4)C[C@H]4OC[C@@]4(O)[C@H]3[C@H](O)[C@](O)(C[C@@H]1O[Si](C)(C)C(C)(C)C)C2(C)C. The zero-order valence-corrected chi connectivity index (χ0v) is 28.7. The molecule has 9 atom stereocenters. The average molecular weight is 633 g/mol. The molecule has 246 valence electrons. The van der Waals surface area contributed by atoms with E-state index in [1.165, 1.54) is 0 Å². The molecule has 1 aliphatic heterocycles. The average Bonchev–Trinajstić information content (AvgIpc) is 2.92. The van der Waals surface area contributed by atoms with Crippen molar-refractivity contribution in [3.8, 4) is 0 Å². The van der Waals surface area contributed by atoms with Crippen molar-refractivity contribution < 1.29 is 43.9 Å². The van der Waals surface area contributed by atoms with Crippen molar-refractivity contribution in [1.82, 2.24) is 0 Å². The van der Waals surface area contributed by atoms with Crippen LogP contribution < -0.4 is 0 Å². The second kappa shape index (κ2) is 11.1. The van der Waals surface area contributed by atoms with Crippen LogP contribution in [0.5, 0.6) is 0 Å². The smallest absolute Gasteiger partial charge is 0.192 e. The summed E-state index contributed by atoms with van der Waals surface area (Å²) in [5.74, 6) is -1.70. The molecule has 0 radical (unpaired) electrons.